The minimum Gasteiger partial charge on any atom is -0.496 e. The Morgan fingerprint density at radius 3 is 2.53 bits per heavy atom. The minimum absolute atomic E-state index is 0.0922. The lowest BCUT2D eigenvalue weighted by Crippen LogP contribution is -2.09. The molecule has 0 unspecified atom stereocenters. The number of ether oxygens (including phenoxy) is 1. The summed E-state index contributed by atoms with van der Waals surface area (Å²) in [5.74, 6) is -0.185. The summed E-state index contributed by atoms with van der Waals surface area (Å²) in [7, 11) is 1.61. The van der Waals surface area contributed by atoms with Gasteiger partial charge in [0.25, 0.3) is 0 Å². The SMILES string of the molecule is COc1ccccc1-c1cc(C(=O)O)n(C(C)C)c1. The van der Waals surface area contributed by atoms with Crippen LogP contribution < -0.4 is 4.74 Å². The molecule has 0 saturated carbocycles. The number of carbonyl (C=O) groups is 1. The maximum Gasteiger partial charge on any atom is 0.352 e. The van der Waals surface area contributed by atoms with Crippen LogP contribution in [0.25, 0.3) is 11.1 Å². The first-order valence-corrected chi connectivity index (χ1v) is 6.13. The van der Waals surface area contributed by atoms with Gasteiger partial charge in [0.15, 0.2) is 0 Å². The average Bonchev–Trinajstić information content (AvgIpc) is 2.84. The zero-order chi connectivity index (χ0) is 14.0. The fourth-order valence-electron chi connectivity index (χ4n) is 2.11. The van der Waals surface area contributed by atoms with Crippen molar-refractivity contribution in [2.24, 2.45) is 0 Å². The Kier molecular flexibility index (Phi) is 3.60. The Hall–Kier alpha value is -2.23. The van der Waals surface area contributed by atoms with Crippen molar-refractivity contribution in [1.82, 2.24) is 4.57 Å². The maximum atomic E-state index is 11.3. The minimum atomic E-state index is -0.921. The van der Waals surface area contributed by atoms with Crippen LogP contribution in [-0.2, 0) is 0 Å². The third-order valence-electron chi connectivity index (χ3n) is 3.04. The highest BCUT2D eigenvalue weighted by Gasteiger charge is 2.16. The fourth-order valence-corrected chi connectivity index (χ4v) is 2.11. The molecule has 0 atom stereocenters. The van der Waals surface area contributed by atoms with E-state index < -0.39 is 5.97 Å². The summed E-state index contributed by atoms with van der Waals surface area (Å²) in [5.41, 5.74) is 2.03. The highest BCUT2D eigenvalue weighted by Crippen LogP contribution is 2.32. The summed E-state index contributed by atoms with van der Waals surface area (Å²) < 4.78 is 7.07. The molecule has 0 amide bonds. The average molecular weight is 259 g/mol. The number of benzene rings is 1. The van der Waals surface area contributed by atoms with E-state index in [0.717, 1.165) is 16.9 Å². The summed E-state index contributed by atoms with van der Waals surface area (Å²) in [6, 6.07) is 9.35. The summed E-state index contributed by atoms with van der Waals surface area (Å²) in [4.78, 5) is 11.3. The number of hydrogen-bond donors (Lipinski definition) is 1. The van der Waals surface area contributed by atoms with Gasteiger partial charge in [-0.15, -0.1) is 0 Å². The van der Waals surface area contributed by atoms with E-state index in [2.05, 4.69) is 0 Å². The molecule has 4 heteroatoms. The van der Waals surface area contributed by atoms with E-state index in [9.17, 15) is 9.90 Å². The van der Waals surface area contributed by atoms with Crippen molar-refractivity contribution in [1.29, 1.82) is 0 Å². The molecule has 1 aromatic heterocycles. The van der Waals surface area contributed by atoms with Crippen molar-refractivity contribution in [3.8, 4) is 16.9 Å². The van der Waals surface area contributed by atoms with Gasteiger partial charge in [-0.05, 0) is 26.0 Å². The van der Waals surface area contributed by atoms with Crippen LogP contribution in [0.1, 0.15) is 30.4 Å². The molecule has 2 rings (SSSR count). The molecule has 19 heavy (non-hydrogen) atoms. The Balaban J connectivity index is 2.57. The molecular weight excluding hydrogens is 242 g/mol. The molecule has 0 bridgehead atoms. The van der Waals surface area contributed by atoms with Gasteiger partial charge in [-0.25, -0.2) is 4.79 Å². The summed E-state index contributed by atoms with van der Waals surface area (Å²) in [6.07, 6.45) is 1.85. The maximum absolute atomic E-state index is 11.3. The second-order valence-corrected chi connectivity index (χ2v) is 4.62. The molecule has 1 heterocycles. The van der Waals surface area contributed by atoms with Gasteiger partial charge in [0.05, 0.1) is 7.11 Å². The van der Waals surface area contributed by atoms with Gasteiger partial charge < -0.3 is 14.4 Å². The second kappa shape index (κ2) is 5.18. The van der Waals surface area contributed by atoms with E-state index in [1.165, 1.54) is 0 Å². The molecule has 0 aliphatic heterocycles. The van der Waals surface area contributed by atoms with Crippen LogP contribution in [-0.4, -0.2) is 22.8 Å². The van der Waals surface area contributed by atoms with E-state index >= 15 is 0 Å². The quantitative estimate of drug-likeness (QED) is 0.915. The van der Waals surface area contributed by atoms with Gasteiger partial charge in [-0.1, -0.05) is 18.2 Å². The number of carboxylic acids is 1. The van der Waals surface area contributed by atoms with Crippen LogP contribution in [0.5, 0.6) is 5.75 Å². The number of aromatic carboxylic acids is 1. The predicted molar refractivity (Wildman–Crippen MR) is 73.8 cm³/mol. The van der Waals surface area contributed by atoms with Crippen LogP contribution in [0.2, 0.25) is 0 Å². The van der Waals surface area contributed by atoms with Gasteiger partial charge in [0.2, 0.25) is 0 Å². The number of para-hydroxylation sites is 1. The highest BCUT2D eigenvalue weighted by atomic mass is 16.5. The highest BCUT2D eigenvalue weighted by molar-refractivity contribution is 5.88. The molecule has 0 aliphatic rings. The topological polar surface area (TPSA) is 51.5 Å². The lowest BCUT2D eigenvalue weighted by atomic mass is 10.1. The molecule has 1 N–H and O–H groups in total. The van der Waals surface area contributed by atoms with Gasteiger partial charge >= 0.3 is 5.97 Å². The Labute approximate surface area is 112 Å². The molecule has 0 aliphatic carbocycles. The summed E-state index contributed by atoms with van der Waals surface area (Å²) >= 11 is 0. The Bertz CT molecular complexity index is 599. The monoisotopic (exact) mass is 259 g/mol. The van der Waals surface area contributed by atoms with E-state index in [1.807, 2.05) is 44.3 Å². The Morgan fingerprint density at radius 1 is 1.32 bits per heavy atom. The third kappa shape index (κ3) is 2.47. The number of carboxylic acid groups (broad SMARTS) is 1. The predicted octanol–water partition coefficient (Wildman–Crippen LogP) is 3.44. The lowest BCUT2D eigenvalue weighted by molar-refractivity contribution is 0.0683. The zero-order valence-electron chi connectivity index (χ0n) is 11.3. The fraction of sp³-hybridized carbons (Fsp3) is 0.267. The molecule has 0 fully saturated rings. The molecule has 100 valence electrons. The second-order valence-electron chi connectivity index (χ2n) is 4.62. The molecule has 0 spiro atoms. The van der Waals surface area contributed by atoms with E-state index in [4.69, 9.17) is 4.74 Å². The smallest absolute Gasteiger partial charge is 0.352 e. The largest absolute Gasteiger partial charge is 0.496 e. The van der Waals surface area contributed by atoms with Crippen LogP contribution >= 0.6 is 0 Å². The molecule has 1 aromatic carbocycles. The van der Waals surface area contributed by atoms with E-state index in [0.29, 0.717) is 0 Å². The van der Waals surface area contributed by atoms with E-state index in [1.54, 1.807) is 17.7 Å². The third-order valence-corrected chi connectivity index (χ3v) is 3.04. The van der Waals surface area contributed by atoms with Gasteiger partial charge in [0, 0.05) is 23.4 Å². The van der Waals surface area contributed by atoms with Crippen LogP contribution in [0.4, 0.5) is 0 Å². The first-order valence-electron chi connectivity index (χ1n) is 6.13. The summed E-state index contributed by atoms with van der Waals surface area (Å²) in [5, 5.41) is 9.25. The van der Waals surface area contributed by atoms with E-state index in [-0.39, 0.29) is 11.7 Å². The summed E-state index contributed by atoms with van der Waals surface area (Å²) in [6.45, 7) is 3.91. The molecule has 0 radical (unpaired) electrons. The number of hydrogen-bond acceptors (Lipinski definition) is 2. The van der Waals surface area contributed by atoms with Gasteiger partial charge in [0.1, 0.15) is 11.4 Å². The van der Waals surface area contributed by atoms with Crippen molar-refractivity contribution >= 4 is 5.97 Å². The van der Waals surface area contributed by atoms with Crippen molar-refractivity contribution in [2.45, 2.75) is 19.9 Å². The molecule has 2 aromatic rings. The number of rotatable bonds is 4. The van der Waals surface area contributed by atoms with Crippen molar-refractivity contribution in [3.05, 3.63) is 42.2 Å². The molecule has 4 nitrogen and oxygen atoms in total. The van der Waals surface area contributed by atoms with Gasteiger partial charge in [-0.3, -0.25) is 0 Å². The molecular formula is C15H17NO3. The van der Waals surface area contributed by atoms with Crippen molar-refractivity contribution in [3.63, 3.8) is 0 Å². The Morgan fingerprint density at radius 2 is 2.00 bits per heavy atom. The lowest BCUT2D eigenvalue weighted by Gasteiger charge is -2.09. The number of nitrogens with zero attached hydrogens (tertiary/aromatic N) is 1. The first-order chi connectivity index (χ1) is 9.04. The first kappa shape index (κ1) is 13.2. The standard InChI is InChI=1S/C15H17NO3/c1-10(2)16-9-11(8-13(16)15(17)18)12-6-4-5-7-14(12)19-3/h4-10H,1-3H3,(H,17,18). The zero-order valence-corrected chi connectivity index (χ0v) is 11.3. The number of methoxy groups -OCH3 is 1. The van der Waals surface area contributed by atoms with Crippen LogP contribution in [0.3, 0.4) is 0 Å². The van der Waals surface area contributed by atoms with Gasteiger partial charge in [-0.2, -0.15) is 0 Å². The number of aromatic nitrogens is 1. The normalized spacial score (nSPS) is 10.7. The van der Waals surface area contributed by atoms with Crippen LogP contribution in [0.15, 0.2) is 36.5 Å². The molecule has 0 saturated heterocycles. The van der Waals surface area contributed by atoms with Crippen molar-refractivity contribution < 1.29 is 14.6 Å². The van der Waals surface area contributed by atoms with Crippen LogP contribution in [0, 0.1) is 0 Å². The van der Waals surface area contributed by atoms with Crippen molar-refractivity contribution in [2.75, 3.05) is 7.11 Å².